The number of imidazole rings is 1. The fourth-order valence-corrected chi connectivity index (χ4v) is 2.26. The summed E-state index contributed by atoms with van der Waals surface area (Å²) in [6, 6.07) is 1.33. The lowest BCUT2D eigenvalue weighted by atomic mass is 10.0. The molecule has 0 saturated heterocycles. The Hall–Kier alpha value is -1.33. The molecule has 2 rings (SSSR count). The number of aromatic hydroxyl groups is 1. The Morgan fingerprint density at radius 2 is 2.17 bits per heavy atom. The highest BCUT2D eigenvalue weighted by Crippen LogP contribution is 2.29. The van der Waals surface area contributed by atoms with Gasteiger partial charge in [0.25, 0.3) is 6.01 Å². The zero-order valence-electron chi connectivity index (χ0n) is 10.3. The van der Waals surface area contributed by atoms with Crippen LogP contribution in [0.1, 0.15) is 26.3 Å². The number of rotatable bonds is 4. The highest BCUT2D eigenvalue weighted by Gasteiger charge is 2.20. The van der Waals surface area contributed by atoms with Gasteiger partial charge in [-0.3, -0.25) is 4.57 Å². The summed E-state index contributed by atoms with van der Waals surface area (Å²) in [4.78, 5) is 8.02. The molecule has 0 saturated carbocycles. The molecule has 2 heterocycles. The predicted molar refractivity (Wildman–Crippen MR) is 69.8 cm³/mol. The monoisotopic (exact) mass is 269 g/mol. The summed E-state index contributed by atoms with van der Waals surface area (Å²) in [7, 11) is 0. The second-order valence-electron chi connectivity index (χ2n) is 4.74. The molecular weight excluding hydrogens is 254 g/mol. The highest BCUT2D eigenvalue weighted by molar-refractivity contribution is 6.31. The number of aliphatic hydroxyl groups is 1. The van der Waals surface area contributed by atoms with Crippen molar-refractivity contribution in [2.24, 2.45) is 5.92 Å². The maximum absolute atomic E-state index is 9.90. The lowest BCUT2D eigenvalue weighted by Gasteiger charge is -2.19. The highest BCUT2D eigenvalue weighted by atomic mass is 35.5. The van der Waals surface area contributed by atoms with E-state index in [9.17, 15) is 10.2 Å². The Bertz CT molecular complexity index is 553. The topological polar surface area (TPSA) is 71.2 Å². The van der Waals surface area contributed by atoms with Crippen molar-refractivity contribution in [2.45, 2.75) is 26.3 Å². The Labute approximate surface area is 110 Å². The lowest BCUT2D eigenvalue weighted by molar-refractivity contribution is 0.201. The number of pyridine rings is 1. The van der Waals surface area contributed by atoms with E-state index in [0.29, 0.717) is 22.1 Å². The molecule has 0 aliphatic heterocycles. The van der Waals surface area contributed by atoms with Crippen LogP contribution >= 0.6 is 11.6 Å². The van der Waals surface area contributed by atoms with Gasteiger partial charge in [-0.25, -0.2) is 4.98 Å². The average Bonchev–Trinajstić information content (AvgIpc) is 2.61. The fraction of sp³-hybridized carbons (Fsp3) is 0.500. The van der Waals surface area contributed by atoms with E-state index >= 15 is 0 Å². The average molecular weight is 270 g/mol. The Balaban J connectivity index is 2.53. The van der Waals surface area contributed by atoms with Gasteiger partial charge in [-0.2, -0.15) is 4.98 Å². The molecule has 98 valence electrons. The number of nitrogens with zero attached hydrogens (tertiary/aromatic N) is 3. The van der Waals surface area contributed by atoms with Crippen LogP contribution in [0.15, 0.2) is 12.3 Å². The van der Waals surface area contributed by atoms with Gasteiger partial charge >= 0.3 is 0 Å². The second-order valence-corrected chi connectivity index (χ2v) is 5.18. The van der Waals surface area contributed by atoms with Crippen LogP contribution in [0.25, 0.3) is 11.2 Å². The summed E-state index contributed by atoms with van der Waals surface area (Å²) in [5.41, 5.74) is 1.07. The summed E-state index contributed by atoms with van der Waals surface area (Å²) in [6.07, 6.45) is 2.22. The normalized spacial score (nSPS) is 13.4. The number of aromatic nitrogens is 3. The van der Waals surface area contributed by atoms with E-state index in [2.05, 4.69) is 23.8 Å². The van der Waals surface area contributed by atoms with Crippen molar-refractivity contribution < 1.29 is 10.2 Å². The van der Waals surface area contributed by atoms with E-state index in [-0.39, 0.29) is 18.7 Å². The molecule has 18 heavy (non-hydrogen) atoms. The first kappa shape index (κ1) is 13.1. The van der Waals surface area contributed by atoms with Crippen LogP contribution in [0, 0.1) is 5.92 Å². The van der Waals surface area contributed by atoms with E-state index in [1.165, 1.54) is 6.20 Å². The molecule has 2 aromatic rings. The first-order valence-electron chi connectivity index (χ1n) is 5.86. The number of fused-ring (bicyclic) bond motifs is 1. The SMILES string of the molecule is CC(C)C[C@H](CO)n1c(O)nc2ncc(Cl)cc21. The minimum atomic E-state index is -0.227. The fourth-order valence-electron chi connectivity index (χ4n) is 2.11. The van der Waals surface area contributed by atoms with E-state index in [1.54, 1.807) is 10.6 Å². The van der Waals surface area contributed by atoms with Gasteiger partial charge in [0.05, 0.1) is 23.2 Å². The molecule has 0 bridgehead atoms. The smallest absolute Gasteiger partial charge is 0.296 e. The molecule has 2 N–H and O–H groups in total. The molecule has 0 aliphatic rings. The number of hydrogen-bond acceptors (Lipinski definition) is 4. The van der Waals surface area contributed by atoms with Crippen LogP contribution < -0.4 is 0 Å². The van der Waals surface area contributed by atoms with Crippen LogP contribution in [-0.4, -0.2) is 31.4 Å². The van der Waals surface area contributed by atoms with Crippen molar-refractivity contribution in [3.63, 3.8) is 0 Å². The van der Waals surface area contributed by atoms with Crippen LogP contribution in [0.2, 0.25) is 5.02 Å². The third kappa shape index (κ3) is 2.42. The van der Waals surface area contributed by atoms with E-state index in [1.807, 2.05) is 0 Å². The van der Waals surface area contributed by atoms with Gasteiger partial charge in [0.15, 0.2) is 5.65 Å². The molecule has 0 spiro atoms. The minimum absolute atomic E-state index is 0.0658. The third-order valence-electron chi connectivity index (χ3n) is 2.81. The standard InChI is InChI=1S/C12H16ClN3O2/c1-7(2)3-9(6-17)16-10-4-8(13)5-14-11(10)15-12(16)18/h4-5,7,9,17H,3,6H2,1-2H3,(H,14,15,18)/t9-/m1/s1. The van der Waals surface area contributed by atoms with Crippen molar-refractivity contribution in [3.05, 3.63) is 17.3 Å². The van der Waals surface area contributed by atoms with Gasteiger partial charge in [-0.15, -0.1) is 0 Å². The summed E-state index contributed by atoms with van der Waals surface area (Å²) in [6.45, 7) is 4.05. The maximum atomic E-state index is 9.90. The van der Waals surface area contributed by atoms with Crippen molar-refractivity contribution in [1.82, 2.24) is 14.5 Å². The largest absolute Gasteiger partial charge is 0.480 e. The van der Waals surface area contributed by atoms with Crippen molar-refractivity contribution in [3.8, 4) is 6.01 Å². The van der Waals surface area contributed by atoms with Gasteiger partial charge in [0.2, 0.25) is 0 Å². The number of hydrogen-bond donors (Lipinski definition) is 2. The van der Waals surface area contributed by atoms with Crippen LogP contribution in [0.4, 0.5) is 0 Å². The van der Waals surface area contributed by atoms with E-state index < -0.39 is 0 Å². The molecule has 0 amide bonds. The van der Waals surface area contributed by atoms with Gasteiger partial charge in [0, 0.05) is 6.20 Å². The van der Waals surface area contributed by atoms with Gasteiger partial charge in [-0.1, -0.05) is 25.4 Å². The van der Waals surface area contributed by atoms with Crippen molar-refractivity contribution in [2.75, 3.05) is 6.61 Å². The summed E-state index contributed by atoms with van der Waals surface area (Å²) >= 11 is 5.91. The quantitative estimate of drug-likeness (QED) is 0.894. The Morgan fingerprint density at radius 1 is 1.44 bits per heavy atom. The Morgan fingerprint density at radius 3 is 2.78 bits per heavy atom. The lowest BCUT2D eigenvalue weighted by Crippen LogP contribution is -2.15. The van der Waals surface area contributed by atoms with Crippen molar-refractivity contribution >= 4 is 22.8 Å². The predicted octanol–water partition coefficient (Wildman–Crippen LogP) is 2.37. The van der Waals surface area contributed by atoms with Gasteiger partial charge in [0.1, 0.15) is 0 Å². The minimum Gasteiger partial charge on any atom is -0.480 e. The first-order chi connectivity index (χ1) is 8.52. The Kier molecular flexibility index (Phi) is 3.73. The van der Waals surface area contributed by atoms with E-state index in [4.69, 9.17) is 11.6 Å². The maximum Gasteiger partial charge on any atom is 0.296 e. The number of halogens is 1. The zero-order valence-corrected chi connectivity index (χ0v) is 11.1. The van der Waals surface area contributed by atoms with Gasteiger partial charge < -0.3 is 10.2 Å². The molecule has 0 aliphatic carbocycles. The van der Waals surface area contributed by atoms with E-state index in [0.717, 1.165) is 6.42 Å². The number of aliphatic hydroxyl groups excluding tert-OH is 1. The molecule has 0 aromatic carbocycles. The molecular formula is C12H16ClN3O2. The molecule has 1 atom stereocenters. The van der Waals surface area contributed by atoms with Crippen LogP contribution in [0.5, 0.6) is 6.01 Å². The zero-order chi connectivity index (χ0) is 13.3. The molecule has 0 fully saturated rings. The second kappa shape index (κ2) is 5.12. The molecule has 5 nitrogen and oxygen atoms in total. The summed E-state index contributed by atoms with van der Waals surface area (Å²) < 4.78 is 1.59. The van der Waals surface area contributed by atoms with Gasteiger partial charge in [-0.05, 0) is 18.4 Å². The third-order valence-corrected chi connectivity index (χ3v) is 3.02. The van der Waals surface area contributed by atoms with Crippen molar-refractivity contribution in [1.29, 1.82) is 0 Å². The summed E-state index contributed by atoms with van der Waals surface area (Å²) in [5, 5.41) is 19.9. The van der Waals surface area contributed by atoms with Crippen LogP contribution in [0.3, 0.4) is 0 Å². The molecule has 0 unspecified atom stereocenters. The molecule has 6 heteroatoms. The molecule has 2 aromatic heterocycles. The van der Waals surface area contributed by atoms with Crippen LogP contribution in [-0.2, 0) is 0 Å². The summed E-state index contributed by atoms with van der Waals surface area (Å²) in [5.74, 6) is 0.395. The molecule has 0 radical (unpaired) electrons. The first-order valence-corrected chi connectivity index (χ1v) is 6.24.